The summed E-state index contributed by atoms with van der Waals surface area (Å²) in [4.78, 5) is 0. The van der Waals surface area contributed by atoms with Gasteiger partial charge in [-0.2, -0.15) is 0 Å². The molecule has 2 N–H and O–H groups in total. The molecule has 116 valence electrons. The van der Waals surface area contributed by atoms with Gasteiger partial charge in [0.25, 0.3) is 0 Å². The fourth-order valence-corrected chi connectivity index (χ4v) is 1.77. The third-order valence-electron chi connectivity index (χ3n) is 2.72. The van der Waals surface area contributed by atoms with Crippen molar-refractivity contribution in [2.24, 2.45) is 5.73 Å². The summed E-state index contributed by atoms with van der Waals surface area (Å²) < 4.78 is 53.5. The topological polar surface area (TPSA) is 35.2 Å². The molecule has 0 aliphatic carbocycles. The minimum absolute atomic E-state index is 0. The van der Waals surface area contributed by atoms with Crippen LogP contribution in [0.5, 0.6) is 5.75 Å². The van der Waals surface area contributed by atoms with Crippen LogP contribution >= 0.6 is 12.4 Å². The lowest BCUT2D eigenvalue weighted by atomic mass is 10.0. The Morgan fingerprint density at radius 2 is 1.90 bits per heavy atom. The molecule has 1 aromatic rings. The van der Waals surface area contributed by atoms with Gasteiger partial charge in [-0.25, -0.2) is 4.39 Å². The number of ether oxygens (including phenoxy) is 1. The molecule has 0 aromatic heterocycles. The maximum Gasteiger partial charge on any atom is 0.573 e. The highest BCUT2D eigenvalue weighted by Gasteiger charge is 2.31. The summed E-state index contributed by atoms with van der Waals surface area (Å²) >= 11 is 0. The minimum Gasteiger partial charge on any atom is -0.406 e. The lowest BCUT2D eigenvalue weighted by Crippen LogP contribution is -2.18. The molecule has 0 spiro atoms. The van der Waals surface area contributed by atoms with Crippen molar-refractivity contribution >= 4 is 12.4 Å². The van der Waals surface area contributed by atoms with Gasteiger partial charge in [0.2, 0.25) is 0 Å². The number of halogens is 5. The summed E-state index contributed by atoms with van der Waals surface area (Å²) in [7, 11) is 0. The maximum absolute atomic E-state index is 13.5. The average Bonchev–Trinajstić information content (AvgIpc) is 2.30. The Morgan fingerprint density at radius 1 is 1.25 bits per heavy atom. The van der Waals surface area contributed by atoms with Crippen molar-refractivity contribution in [3.63, 3.8) is 0 Å². The summed E-state index contributed by atoms with van der Waals surface area (Å²) in [6.45, 7) is 2.02. The predicted octanol–water partition coefficient (Wildman–Crippen LogP) is 4.73. The van der Waals surface area contributed by atoms with Gasteiger partial charge in [-0.1, -0.05) is 26.2 Å². The van der Waals surface area contributed by atoms with Crippen LogP contribution in [0.4, 0.5) is 17.6 Å². The first-order valence-corrected chi connectivity index (χ1v) is 6.14. The fourth-order valence-electron chi connectivity index (χ4n) is 1.77. The zero-order valence-electron chi connectivity index (χ0n) is 11.0. The lowest BCUT2D eigenvalue weighted by molar-refractivity contribution is -0.274. The van der Waals surface area contributed by atoms with Crippen LogP contribution in [0.2, 0.25) is 0 Å². The summed E-state index contributed by atoms with van der Waals surface area (Å²) in [5.74, 6) is -1.06. The Morgan fingerprint density at radius 3 is 2.45 bits per heavy atom. The summed E-state index contributed by atoms with van der Waals surface area (Å²) in [6.07, 6.45) is -1.51. The minimum atomic E-state index is -4.79. The first kappa shape index (κ1) is 19.0. The molecule has 2 nitrogen and oxygen atoms in total. The van der Waals surface area contributed by atoms with Crippen LogP contribution in [0.1, 0.15) is 44.2 Å². The highest BCUT2D eigenvalue weighted by atomic mass is 35.5. The van der Waals surface area contributed by atoms with E-state index in [0.717, 1.165) is 37.5 Å². The molecule has 0 aliphatic heterocycles. The van der Waals surface area contributed by atoms with Crippen molar-refractivity contribution in [1.82, 2.24) is 0 Å². The van der Waals surface area contributed by atoms with Crippen molar-refractivity contribution < 1.29 is 22.3 Å². The standard InChI is InChI=1S/C13H17F4NO.ClH/c1-2-3-4-5-12(18)10-8-9(6-7-11(10)14)19-13(15,16)17;/h6-8,12H,2-5,18H2,1H3;1H/t12-;/m1./s1. The molecule has 0 radical (unpaired) electrons. The van der Waals surface area contributed by atoms with Crippen LogP contribution < -0.4 is 10.5 Å². The van der Waals surface area contributed by atoms with Crippen molar-refractivity contribution in [2.45, 2.75) is 45.0 Å². The van der Waals surface area contributed by atoms with Gasteiger partial charge in [-0.05, 0) is 24.6 Å². The van der Waals surface area contributed by atoms with Crippen LogP contribution in [-0.2, 0) is 0 Å². The molecule has 0 fully saturated rings. The Hall–Kier alpha value is -1.01. The van der Waals surface area contributed by atoms with E-state index in [0.29, 0.717) is 6.42 Å². The van der Waals surface area contributed by atoms with E-state index in [4.69, 9.17) is 5.73 Å². The quantitative estimate of drug-likeness (QED) is 0.608. The zero-order valence-corrected chi connectivity index (χ0v) is 11.9. The SMILES string of the molecule is CCCCC[C@@H](N)c1cc(OC(F)(F)F)ccc1F.Cl. The zero-order chi connectivity index (χ0) is 14.5. The summed E-state index contributed by atoms with van der Waals surface area (Å²) in [5, 5.41) is 0. The van der Waals surface area contributed by atoms with Gasteiger partial charge in [-0.3, -0.25) is 0 Å². The molecule has 20 heavy (non-hydrogen) atoms. The Labute approximate surface area is 121 Å². The van der Waals surface area contributed by atoms with Gasteiger partial charge >= 0.3 is 6.36 Å². The second-order valence-electron chi connectivity index (χ2n) is 4.33. The molecule has 0 bridgehead atoms. The molecule has 0 saturated carbocycles. The smallest absolute Gasteiger partial charge is 0.406 e. The number of benzene rings is 1. The maximum atomic E-state index is 13.5. The first-order valence-electron chi connectivity index (χ1n) is 6.14. The predicted molar refractivity (Wildman–Crippen MR) is 71.4 cm³/mol. The molecule has 7 heteroatoms. The summed E-state index contributed by atoms with van der Waals surface area (Å²) in [6, 6.07) is 2.27. The second-order valence-corrected chi connectivity index (χ2v) is 4.33. The van der Waals surface area contributed by atoms with E-state index < -0.39 is 24.0 Å². The Bertz CT molecular complexity index is 412. The van der Waals surface area contributed by atoms with Crippen molar-refractivity contribution in [2.75, 3.05) is 0 Å². The van der Waals surface area contributed by atoms with E-state index in [9.17, 15) is 17.6 Å². The number of nitrogens with two attached hydrogens (primary N) is 1. The Balaban J connectivity index is 0.00000361. The van der Waals surface area contributed by atoms with Crippen molar-refractivity contribution in [1.29, 1.82) is 0 Å². The fraction of sp³-hybridized carbons (Fsp3) is 0.538. The van der Waals surface area contributed by atoms with Gasteiger partial charge in [0.05, 0.1) is 0 Å². The largest absolute Gasteiger partial charge is 0.573 e. The van der Waals surface area contributed by atoms with Crippen LogP contribution in [0.3, 0.4) is 0 Å². The van der Waals surface area contributed by atoms with Gasteiger partial charge < -0.3 is 10.5 Å². The van der Waals surface area contributed by atoms with E-state index in [-0.39, 0.29) is 18.0 Å². The van der Waals surface area contributed by atoms with E-state index in [2.05, 4.69) is 4.74 Å². The van der Waals surface area contributed by atoms with Gasteiger partial charge in [0, 0.05) is 11.6 Å². The Kier molecular flexibility index (Phi) is 7.90. The van der Waals surface area contributed by atoms with Gasteiger partial charge in [-0.15, -0.1) is 25.6 Å². The molecular formula is C13H18ClF4NO. The second kappa shape index (κ2) is 8.32. The molecular weight excluding hydrogens is 298 g/mol. The van der Waals surface area contributed by atoms with E-state index in [1.165, 1.54) is 0 Å². The van der Waals surface area contributed by atoms with E-state index in [1.54, 1.807) is 0 Å². The normalized spacial score (nSPS) is 12.7. The molecule has 0 heterocycles. The van der Waals surface area contributed by atoms with E-state index >= 15 is 0 Å². The summed E-state index contributed by atoms with van der Waals surface area (Å²) in [5.41, 5.74) is 5.85. The first-order chi connectivity index (χ1) is 8.83. The number of hydrogen-bond donors (Lipinski definition) is 1. The van der Waals surface area contributed by atoms with E-state index in [1.807, 2.05) is 6.92 Å². The monoisotopic (exact) mass is 315 g/mol. The highest BCUT2D eigenvalue weighted by Crippen LogP contribution is 2.28. The lowest BCUT2D eigenvalue weighted by Gasteiger charge is -2.15. The third kappa shape index (κ3) is 6.43. The van der Waals surface area contributed by atoms with Crippen LogP contribution in [0, 0.1) is 5.82 Å². The molecule has 0 amide bonds. The van der Waals surface area contributed by atoms with Crippen LogP contribution in [0.25, 0.3) is 0 Å². The molecule has 1 atom stereocenters. The average molecular weight is 316 g/mol. The van der Waals surface area contributed by atoms with Gasteiger partial charge in [0.1, 0.15) is 11.6 Å². The number of hydrogen-bond acceptors (Lipinski definition) is 2. The number of alkyl halides is 3. The molecule has 0 saturated heterocycles. The molecule has 0 aliphatic rings. The highest BCUT2D eigenvalue weighted by molar-refractivity contribution is 5.85. The third-order valence-corrected chi connectivity index (χ3v) is 2.72. The van der Waals surface area contributed by atoms with Crippen LogP contribution in [-0.4, -0.2) is 6.36 Å². The number of unbranched alkanes of at least 4 members (excludes halogenated alkanes) is 2. The van der Waals surface area contributed by atoms with Crippen molar-refractivity contribution in [3.8, 4) is 5.75 Å². The number of rotatable bonds is 6. The van der Waals surface area contributed by atoms with Crippen molar-refractivity contribution in [3.05, 3.63) is 29.6 Å². The molecule has 1 aromatic carbocycles. The molecule has 0 unspecified atom stereocenters. The molecule has 1 rings (SSSR count). The van der Waals surface area contributed by atoms with Crippen LogP contribution in [0.15, 0.2) is 18.2 Å². The van der Waals surface area contributed by atoms with Gasteiger partial charge in [0.15, 0.2) is 0 Å².